The Morgan fingerprint density at radius 3 is 2.95 bits per heavy atom. The van der Waals surface area contributed by atoms with Crippen molar-refractivity contribution in [1.82, 2.24) is 15.1 Å². The van der Waals surface area contributed by atoms with Crippen LogP contribution in [0.25, 0.3) is 10.9 Å². The van der Waals surface area contributed by atoms with E-state index in [0.717, 1.165) is 31.7 Å². The van der Waals surface area contributed by atoms with E-state index in [-0.39, 0.29) is 0 Å². The van der Waals surface area contributed by atoms with Gasteiger partial charge in [0.25, 0.3) is 0 Å². The van der Waals surface area contributed by atoms with Gasteiger partial charge in [0.1, 0.15) is 0 Å². The topological polar surface area (TPSA) is 39.1 Å². The van der Waals surface area contributed by atoms with E-state index in [0.29, 0.717) is 6.61 Å². The predicted molar refractivity (Wildman–Crippen MR) is 82.7 cm³/mol. The maximum atomic E-state index is 5.04. The number of methoxy groups -OCH3 is 1. The average molecular weight is 273 g/mol. The summed E-state index contributed by atoms with van der Waals surface area (Å²) in [5, 5.41) is 9.31. The van der Waals surface area contributed by atoms with E-state index < -0.39 is 0 Å². The fraction of sp³-hybridized carbons (Fsp3) is 0.438. The summed E-state index contributed by atoms with van der Waals surface area (Å²) in [5.41, 5.74) is 3.47. The lowest BCUT2D eigenvalue weighted by atomic mass is 10.2. The number of hydrogen-bond donors (Lipinski definition) is 1. The van der Waals surface area contributed by atoms with Crippen molar-refractivity contribution in [1.29, 1.82) is 0 Å². The van der Waals surface area contributed by atoms with Gasteiger partial charge in [-0.1, -0.05) is 23.8 Å². The van der Waals surface area contributed by atoms with Crippen LogP contribution in [0.1, 0.15) is 19.0 Å². The molecular formula is C16H23N3O. The number of aryl methyl sites for hydroxylation is 1. The Kier molecular flexibility index (Phi) is 5.32. The van der Waals surface area contributed by atoms with E-state index in [1.165, 1.54) is 16.5 Å². The number of nitrogens with one attached hydrogen (secondary N) is 1. The Morgan fingerprint density at radius 1 is 1.40 bits per heavy atom. The van der Waals surface area contributed by atoms with Gasteiger partial charge in [-0.15, -0.1) is 6.58 Å². The molecule has 0 bridgehead atoms. The zero-order valence-electron chi connectivity index (χ0n) is 12.4. The van der Waals surface area contributed by atoms with Gasteiger partial charge in [0.15, 0.2) is 0 Å². The van der Waals surface area contributed by atoms with E-state index in [2.05, 4.69) is 47.8 Å². The second-order valence-corrected chi connectivity index (χ2v) is 5.06. The van der Waals surface area contributed by atoms with Gasteiger partial charge in [-0.05, 0) is 19.4 Å². The third kappa shape index (κ3) is 3.68. The predicted octanol–water partition coefficient (Wildman–Crippen LogP) is 2.74. The van der Waals surface area contributed by atoms with Crippen LogP contribution in [0.2, 0.25) is 0 Å². The van der Waals surface area contributed by atoms with Crippen LogP contribution in [0.5, 0.6) is 0 Å². The number of hydrogen-bond acceptors (Lipinski definition) is 3. The van der Waals surface area contributed by atoms with E-state index >= 15 is 0 Å². The van der Waals surface area contributed by atoms with Gasteiger partial charge in [-0.25, -0.2) is 0 Å². The molecule has 2 rings (SSSR count). The molecule has 0 radical (unpaired) electrons. The molecular weight excluding hydrogens is 250 g/mol. The highest BCUT2D eigenvalue weighted by Gasteiger charge is 2.09. The zero-order valence-corrected chi connectivity index (χ0v) is 12.4. The Hall–Kier alpha value is -1.65. The number of fused-ring (bicyclic) bond motifs is 1. The SMILES string of the molecule is C=C(C)CCn1nc(CNCCOC)c2ccccc21. The Balaban J connectivity index is 2.15. The molecule has 2 aromatic rings. The summed E-state index contributed by atoms with van der Waals surface area (Å²) in [6.07, 6.45) is 0.961. The quantitative estimate of drug-likeness (QED) is 0.594. The molecule has 0 saturated carbocycles. The molecule has 1 N–H and O–H groups in total. The molecule has 20 heavy (non-hydrogen) atoms. The normalized spacial score (nSPS) is 11.1. The number of para-hydroxylation sites is 1. The molecule has 0 amide bonds. The largest absolute Gasteiger partial charge is 0.383 e. The number of allylic oxidation sites excluding steroid dienone is 1. The second-order valence-electron chi connectivity index (χ2n) is 5.06. The van der Waals surface area contributed by atoms with Crippen LogP contribution in [-0.4, -0.2) is 30.0 Å². The first-order valence-corrected chi connectivity index (χ1v) is 7.01. The van der Waals surface area contributed by atoms with Crippen LogP contribution in [-0.2, 0) is 17.8 Å². The van der Waals surface area contributed by atoms with Crippen molar-refractivity contribution in [2.75, 3.05) is 20.3 Å². The van der Waals surface area contributed by atoms with Gasteiger partial charge < -0.3 is 10.1 Å². The minimum absolute atomic E-state index is 0.717. The summed E-state index contributed by atoms with van der Waals surface area (Å²) in [6.45, 7) is 9.22. The maximum Gasteiger partial charge on any atom is 0.0841 e. The Labute approximate surface area is 120 Å². The first-order chi connectivity index (χ1) is 9.72. The van der Waals surface area contributed by atoms with Gasteiger partial charge in [0.05, 0.1) is 17.8 Å². The highest BCUT2D eigenvalue weighted by Crippen LogP contribution is 2.19. The number of rotatable bonds is 8. The number of ether oxygens (including phenoxy) is 1. The van der Waals surface area contributed by atoms with Gasteiger partial charge in [-0.3, -0.25) is 4.68 Å². The molecule has 0 atom stereocenters. The number of nitrogens with zero attached hydrogens (tertiary/aromatic N) is 2. The molecule has 0 saturated heterocycles. The molecule has 108 valence electrons. The molecule has 1 heterocycles. The van der Waals surface area contributed by atoms with Gasteiger partial charge in [-0.2, -0.15) is 5.10 Å². The highest BCUT2D eigenvalue weighted by molar-refractivity contribution is 5.81. The van der Waals surface area contributed by atoms with Gasteiger partial charge >= 0.3 is 0 Å². The van der Waals surface area contributed by atoms with Crippen molar-refractivity contribution < 1.29 is 4.74 Å². The fourth-order valence-corrected chi connectivity index (χ4v) is 2.18. The van der Waals surface area contributed by atoms with Crippen LogP contribution in [0.3, 0.4) is 0 Å². The monoisotopic (exact) mass is 273 g/mol. The van der Waals surface area contributed by atoms with Crippen LogP contribution >= 0.6 is 0 Å². The molecule has 1 aromatic carbocycles. The van der Waals surface area contributed by atoms with Crippen molar-refractivity contribution in [2.24, 2.45) is 0 Å². The third-order valence-electron chi connectivity index (χ3n) is 3.26. The standard InChI is InChI=1S/C16H23N3O/c1-13(2)8-10-19-16-7-5-4-6-14(16)15(18-19)12-17-9-11-20-3/h4-7,17H,1,8-12H2,2-3H3. The highest BCUT2D eigenvalue weighted by atomic mass is 16.5. The summed E-state index contributed by atoms with van der Waals surface area (Å²) in [6, 6.07) is 8.38. The number of benzene rings is 1. The number of aromatic nitrogens is 2. The van der Waals surface area contributed by atoms with E-state index in [4.69, 9.17) is 9.84 Å². The second kappa shape index (κ2) is 7.22. The van der Waals surface area contributed by atoms with Crippen LogP contribution in [0.15, 0.2) is 36.4 Å². The van der Waals surface area contributed by atoms with Crippen LogP contribution in [0.4, 0.5) is 0 Å². The van der Waals surface area contributed by atoms with Crippen molar-refractivity contribution in [3.63, 3.8) is 0 Å². The van der Waals surface area contributed by atoms with E-state index in [1.807, 2.05) is 0 Å². The van der Waals surface area contributed by atoms with Crippen LogP contribution in [0, 0.1) is 0 Å². The van der Waals surface area contributed by atoms with Crippen molar-refractivity contribution >= 4 is 10.9 Å². The summed E-state index contributed by atoms with van der Waals surface area (Å²) < 4.78 is 7.12. The molecule has 4 nitrogen and oxygen atoms in total. The van der Waals surface area contributed by atoms with Gasteiger partial charge in [0, 0.05) is 32.1 Å². The van der Waals surface area contributed by atoms with Crippen molar-refractivity contribution in [2.45, 2.75) is 26.4 Å². The summed E-state index contributed by atoms with van der Waals surface area (Å²) in [7, 11) is 1.71. The van der Waals surface area contributed by atoms with Crippen molar-refractivity contribution in [3.05, 3.63) is 42.1 Å². The summed E-state index contributed by atoms with van der Waals surface area (Å²) in [5.74, 6) is 0. The molecule has 0 aliphatic carbocycles. The smallest absolute Gasteiger partial charge is 0.0841 e. The maximum absolute atomic E-state index is 5.04. The Bertz CT molecular complexity index is 574. The fourth-order valence-electron chi connectivity index (χ4n) is 2.18. The molecule has 0 spiro atoms. The molecule has 0 aliphatic heterocycles. The first-order valence-electron chi connectivity index (χ1n) is 7.01. The zero-order chi connectivity index (χ0) is 14.4. The minimum Gasteiger partial charge on any atom is -0.383 e. The van der Waals surface area contributed by atoms with E-state index in [9.17, 15) is 0 Å². The summed E-state index contributed by atoms with van der Waals surface area (Å²) in [4.78, 5) is 0. The van der Waals surface area contributed by atoms with Crippen molar-refractivity contribution in [3.8, 4) is 0 Å². The molecule has 4 heteroatoms. The summed E-state index contributed by atoms with van der Waals surface area (Å²) >= 11 is 0. The lowest BCUT2D eigenvalue weighted by Gasteiger charge is -2.03. The van der Waals surface area contributed by atoms with E-state index in [1.54, 1.807) is 7.11 Å². The molecule has 0 unspecified atom stereocenters. The third-order valence-corrected chi connectivity index (χ3v) is 3.26. The Morgan fingerprint density at radius 2 is 2.20 bits per heavy atom. The average Bonchev–Trinajstić information content (AvgIpc) is 2.80. The molecule has 0 aliphatic rings. The minimum atomic E-state index is 0.717. The van der Waals surface area contributed by atoms with Gasteiger partial charge in [0.2, 0.25) is 0 Å². The lowest BCUT2D eigenvalue weighted by Crippen LogP contribution is -2.19. The van der Waals surface area contributed by atoms with Crippen LogP contribution < -0.4 is 5.32 Å². The molecule has 0 fully saturated rings. The lowest BCUT2D eigenvalue weighted by molar-refractivity contribution is 0.199. The first kappa shape index (κ1) is 14.8. The molecule has 1 aromatic heterocycles.